The number of hydrogen-bond donors (Lipinski definition) is 3. The van der Waals surface area contributed by atoms with Crippen molar-refractivity contribution in [3.8, 4) is 0 Å². The van der Waals surface area contributed by atoms with Crippen LogP contribution in [-0.4, -0.2) is 46.3 Å². The number of sulfonamides is 1. The molecule has 0 bridgehead atoms. The smallest absolute Gasteiger partial charge is 0.211 e. The molecule has 3 N–H and O–H groups in total. The maximum absolute atomic E-state index is 14.1. The molecule has 0 unspecified atom stereocenters. The van der Waals surface area contributed by atoms with E-state index in [4.69, 9.17) is 0 Å². The monoisotopic (exact) mass is 384 g/mol. The van der Waals surface area contributed by atoms with E-state index >= 15 is 0 Å². The predicted molar refractivity (Wildman–Crippen MR) is 103 cm³/mol. The van der Waals surface area contributed by atoms with Crippen LogP contribution in [0.25, 0.3) is 0 Å². The minimum absolute atomic E-state index is 0.0860. The Hall–Kier alpha value is -1.67. The van der Waals surface area contributed by atoms with Crippen LogP contribution in [0.1, 0.15) is 38.7 Å². The summed E-state index contributed by atoms with van der Waals surface area (Å²) in [5.41, 5.74) is 0.554. The third-order valence-corrected chi connectivity index (χ3v) is 5.93. The summed E-state index contributed by atoms with van der Waals surface area (Å²) in [5, 5.41) is 6.38. The van der Waals surface area contributed by atoms with Gasteiger partial charge >= 0.3 is 0 Å². The first kappa shape index (κ1) is 20.6. The largest absolute Gasteiger partial charge is 0.357 e. The number of halogens is 1. The maximum Gasteiger partial charge on any atom is 0.211 e. The highest BCUT2D eigenvalue weighted by molar-refractivity contribution is 7.89. The molecule has 1 saturated carbocycles. The van der Waals surface area contributed by atoms with Gasteiger partial charge in [0.25, 0.3) is 0 Å². The molecule has 146 valence electrons. The summed E-state index contributed by atoms with van der Waals surface area (Å²) >= 11 is 0. The molecule has 0 atom stereocenters. The number of nitrogens with one attached hydrogen (secondary N) is 3. The molecule has 1 aliphatic carbocycles. The number of guanidine groups is 1. The van der Waals surface area contributed by atoms with Gasteiger partial charge in [0.05, 0.1) is 12.3 Å². The highest BCUT2D eigenvalue weighted by atomic mass is 32.2. The Kier molecular flexibility index (Phi) is 7.40. The normalized spacial score (nSPS) is 16.3. The van der Waals surface area contributed by atoms with Crippen molar-refractivity contribution in [1.29, 1.82) is 0 Å². The van der Waals surface area contributed by atoms with Gasteiger partial charge in [0, 0.05) is 25.0 Å². The second-order valence-corrected chi connectivity index (χ2v) is 8.63. The van der Waals surface area contributed by atoms with Gasteiger partial charge in [-0.05, 0) is 44.7 Å². The van der Waals surface area contributed by atoms with E-state index in [1.807, 2.05) is 19.1 Å². The van der Waals surface area contributed by atoms with E-state index in [0.717, 1.165) is 24.9 Å². The number of hydrogen-bond acceptors (Lipinski definition) is 3. The highest BCUT2D eigenvalue weighted by Crippen LogP contribution is 2.49. The quantitative estimate of drug-likeness (QED) is 0.326. The fourth-order valence-electron chi connectivity index (χ4n) is 2.75. The van der Waals surface area contributed by atoms with E-state index < -0.39 is 10.0 Å². The second kappa shape index (κ2) is 9.32. The molecule has 0 radical (unpaired) electrons. The van der Waals surface area contributed by atoms with Gasteiger partial charge in [-0.3, -0.25) is 4.99 Å². The Morgan fingerprint density at radius 3 is 2.54 bits per heavy atom. The second-order valence-electron chi connectivity index (χ2n) is 6.53. The minimum atomic E-state index is -3.15. The van der Waals surface area contributed by atoms with Crippen molar-refractivity contribution < 1.29 is 12.8 Å². The van der Waals surface area contributed by atoms with Crippen LogP contribution in [-0.2, 0) is 15.4 Å². The van der Waals surface area contributed by atoms with Gasteiger partial charge in [-0.15, -0.1) is 0 Å². The van der Waals surface area contributed by atoms with Gasteiger partial charge in [-0.25, -0.2) is 17.5 Å². The Morgan fingerprint density at radius 2 is 1.92 bits per heavy atom. The summed E-state index contributed by atoms with van der Waals surface area (Å²) in [6, 6.07) is 6.91. The van der Waals surface area contributed by atoms with E-state index in [2.05, 4.69) is 20.3 Å². The third-order valence-electron chi connectivity index (χ3n) is 4.53. The lowest BCUT2D eigenvalue weighted by Gasteiger charge is -2.16. The zero-order valence-electron chi connectivity index (χ0n) is 15.5. The van der Waals surface area contributed by atoms with Crippen molar-refractivity contribution in [3.63, 3.8) is 0 Å². The van der Waals surface area contributed by atoms with Crippen molar-refractivity contribution in [2.75, 3.05) is 31.9 Å². The van der Waals surface area contributed by atoms with Gasteiger partial charge in [0.1, 0.15) is 5.82 Å². The Labute approximate surface area is 155 Å². The van der Waals surface area contributed by atoms with Crippen LogP contribution < -0.4 is 15.4 Å². The van der Waals surface area contributed by atoms with Gasteiger partial charge in [-0.1, -0.05) is 18.2 Å². The van der Waals surface area contributed by atoms with Crippen LogP contribution in [0.5, 0.6) is 0 Å². The lowest BCUT2D eigenvalue weighted by Crippen LogP contribution is -2.39. The lowest BCUT2D eigenvalue weighted by atomic mass is 9.95. The summed E-state index contributed by atoms with van der Waals surface area (Å²) in [6.45, 7) is 5.84. The van der Waals surface area contributed by atoms with Gasteiger partial charge in [-0.2, -0.15) is 0 Å². The molecule has 26 heavy (non-hydrogen) atoms. The standard InChI is InChI=1S/C18H29FN4O2S/c1-3-20-17(21-12-7-13-23-26(24,25)4-2)22-14-18(10-11-18)15-8-5-6-9-16(15)19/h5-6,8-9,23H,3-4,7,10-14H2,1-2H3,(H2,20,21,22). The van der Waals surface area contributed by atoms with Gasteiger partial charge in [0.2, 0.25) is 10.0 Å². The van der Waals surface area contributed by atoms with Crippen molar-refractivity contribution in [3.05, 3.63) is 35.6 Å². The first-order valence-corrected chi connectivity index (χ1v) is 10.8. The van der Waals surface area contributed by atoms with Crippen molar-refractivity contribution >= 4 is 16.0 Å². The van der Waals surface area contributed by atoms with E-state index in [-0.39, 0.29) is 17.0 Å². The molecule has 2 rings (SSSR count). The molecule has 1 fully saturated rings. The van der Waals surface area contributed by atoms with Crippen LogP contribution in [0.15, 0.2) is 29.3 Å². The van der Waals surface area contributed by atoms with E-state index in [9.17, 15) is 12.8 Å². The summed E-state index contributed by atoms with van der Waals surface area (Å²) in [6.07, 6.45) is 2.54. The Bertz CT molecular complexity index is 718. The molecule has 0 saturated heterocycles. The topological polar surface area (TPSA) is 82.6 Å². The Balaban J connectivity index is 1.86. The van der Waals surface area contributed by atoms with Crippen LogP contribution in [0.3, 0.4) is 0 Å². The zero-order valence-corrected chi connectivity index (χ0v) is 16.3. The van der Waals surface area contributed by atoms with Crippen molar-refractivity contribution in [2.45, 2.75) is 38.5 Å². The molecule has 0 aliphatic heterocycles. The molecular formula is C18H29FN4O2S. The summed E-state index contributed by atoms with van der Waals surface area (Å²) in [5.74, 6) is 0.595. The molecule has 0 amide bonds. The first-order chi connectivity index (χ1) is 12.4. The average Bonchev–Trinajstić information content (AvgIpc) is 3.40. The highest BCUT2D eigenvalue weighted by Gasteiger charge is 2.45. The van der Waals surface area contributed by atoms with Crippen LogP contribution in [0.4, 0.5) is 4.39 Å². The number of nitrogens with zero attached hydrogens (tertiary/aromatic N) is 1. The van der Waals surface area contributed by atoms with Crippen LogP contribution in [0.2, 0.25) is 0 Å². The molecule has 8 heteroatoms. The van der Waals surface area contributed by atoms with Crippen molar-refractivity contribution in [1.82, 2.24) is 15.4 Å². The fraction of sp³-hybridized carbons (Fsp3) is 0.611. The van der Waals surface area contributed by atoms with Gasteiger partial charge in [0.15, 0.2) is 5.96 Å². The third kappa shape index (κ3) is 5.95. The van der Waals surface area contributed by atoms with Crippen molar-refractivity contribution in [2.24, 2.45) is 4.99 Å². The Morgan fingerprint density at radius 1 is 1.19 bits per heavy atom. The molecule has 0 spiro atoms. The number of benzene rings is 1. The SMILES string of the molecule is CCNC(=NCC1(c2ccccc2F)CC1)NCCCNS(=O)(=O)CC. The fourth-order valence-corrected chi connectivity index (χ4v) is 3.41. The minimum Gasteiger partial charge on any atom is -0.357 e. The number of aliphatic imine (C=N–C) groups is 1. The van der Waals surface area contributed by atoms with Gasteiger partial charge < -0.3 is 10.6 Å². The lowest BCUT2D eigenvalue weighted by molar-refractivity contribution is 0.571. The molecular weight excluding hydrogens is 355 g/mol. The average molecular weight is 385 g/mol. The van der Waals surface area contributed by atoms with E-state index in [1.165, 1.54) is 6.07 Å². The predicted octanol–water partition coefficient (Wildman–Crippen LogP) is 1.74. The molecule has 1 aromatic rings. The first-order valence-electron chi connectivity index (χ1n) is 9.17. The molecule has 6 nitrogen and oxygen atoms in total. The zero-order chi connectivity index (χ0) is 19.0. The van der Waals surface area contributed by atoms with Crippen LogP contribution >= 0.6 is 0 Å². The van der Waals surface area contributed by atoms with E-state index in [0.29, 0.717) is 32.0 Å². The summed E-state index contributed by atoms with van der Waals surface area (Å²) in [4.78, 5) is 4.62. The number of rotatable bonds is 10. The maximum atomic E-state index is 14.1. The molecule has 1 aromatic carbocycles. The molecule has 1 aliphatic rings. The molecule has 0 heterocycles. The molecule has 0 aromatic heterocycles. The van der Waals surface area contributed by atoms with Crippen LogP contribution in [0, 0.1) is 5.82 Å². The summed E-state index contributed by atoms with van der Waals surface area (Å²) in [7, 11) is -3.15. The summed E-state index contributed by atoms with van der Waals surface area (Å²) < 4.78 is 39.4. The van der Waals surface area contributed by atoms with E-state index in [1.54, 1.807) is 13.0 Å².